The van der Waals surface area contributed by atoms with Gasteiger partial charge in [-0.15, -0.1) is 0 Å². The van der Waals surface area contributed by atoms with Gasteiger partial charge < -0.3 is 15.5 Å². The quantitative estimate of drug-likeness (QED) is 0.274. The minimum absolute atomic E-state index is 0.0336. The smallest absolute Gasteiger partial charge is 0.259 e. The Kier molecular flexibility index (Phi) is 4.07. The maximum Gasteiger partial charge on any atom is 0.259 e. The Bertz CT molecular complexity index is 507. The van der Waals surface area contributed by atoms with Crippen LogP contribution in [-0.4, -0.2) is 35.6 Å². The normalized spacial score (nSPS) is 14.8. The van der Waals surface area contributed by atoms with Crippen molar-refractivity contribution in [2.45, 2.75) is 11.9 Å². The zero-order valence-corrected chi connectivity index (χ0v) is 10.3. The van der Waals surface area contributed by atoms with Gasteiger partial charge in [0.1, 0.15) is 5.84 Å². The number of hydrogen-bond acceptors (Lipinski definition) is 5. The van der Waals surface area contributed by atoms with Gasteiger partial charge in [-0.25, -0.2) is 18.1 Å². The number of sulfonamides is 1. The van der Waals surface area contributed by atoms with Gasteiger partial charge in [0.05, 0.1) is 6.33 Å². The minimum Gasteiger partial charge on any atom is -0.409 e. The maximum absolute atomic E-state index is 11.7. The zero-order valence-electron chi connectivity index (χ0n) is 9.53. The molecular formula is C8H15N5O3S. The van der Waals surface area contributed by atoms with E-state index < -0.39 is 15.9 Å². The number of nitrogens with two attached hydrogens (primary N) is 1. The molecule has 1 unspecified atom stereocenters. The van der Waals surface area contributed by atoms with E-state index in [9.17, 15) is 8.42 Å². The van der Waals surface area contributed by atoms with Gasteiger partial charge in [0.15, 0.2) is 5.03 Å². The van der Waals surface area contributed by atoms with Crippen molar-refractivity contribution in [2.24, 2.45) is 23.9 Å². The third-order valence-electron chi connectivity index (χ3n) is 2.16. The van der Waals surface area contributed by atoms with E-state index in [1.165, 1.54) is 17.1 Å². The second-order valence-electron chi connectivity index (χ2n) is 3.66. The van der Waals surface area contributed by atoms with Crippen molar-refractivity contribution in [1.82, 2.24) is 14.3 Å². The lowest BCUT2D eigenvalue weighted by atomic mass is 10.2. The van der Waals surface area contributed by atoms with E-state index in [1.807, 2.05) is 0 Å². The van der Waals surface area contributed by atoms with E-state index >= 15 is 0 Å². The van der Waals surface area contributed by atoms with Crippen LogP contribution in [0.4, 0.5) is 0 Å². The largest absolute Gasteiger partial charge is 0.409 e. The Morgan fingerprint density at radius 3 is 2.88 bits per heavy atom. The molecule has 0 aliphatic rings. The molecule has 0 saturated carbocycles. The van der Waals surface area contributed by atoms with Crippen molar-refractivity contribution in [3.63, 3.8) is 0 Å². The van der Waals surface area contributed by atoms with Crippen LogP contribution in [0, 0.1) is 5.92 Å². The maximum atomic E-state index is 11.7. The number of oxime groups is 1. The topological polar surface area (TPSA) is 123 Å². The third-order valence-corrected chi connectivity index (χ3v) is 3.46. The molecule has 0 aliphatic carbocycles. The standard InChI is InChI=1S/C8H15N5O3S/c1-6(8(9)12-14)3-11-17(15,16)7-4-13(2)5-10-7/h4-6,11,14H,3H2,1-2H3,(H2,9,12). The van der Waals surface area contributed by atoms with E-state index in [-0.39, 0.29) is 17.4 Å². The molecule has 0 aliphatic heterocycles. The average molecular weight is 261 g/mol. The van der Waals surface area contributed by atoms with E-state index in [4.69, 9.17) is 10.9 Å². The van der Waals surface area contributed by atoms with Crippen LogP contribution < -0.4 is 10.5 Å². The first-order valence-corrected chi connectivity index (χ1v) is 6.30. The molecular weight excluding hydrogens is 246 g/mol. The number of rotatable bonds is 5. The predicted molar refractivity (Wildman–Crippen MR) is 61.0 cm³/mol. The van der Waals surface area contributed by atoms with Crippen LogP contribution in [0.5, 0.6) is 0 Å². The number of nitrogens with zero attached hydrogens (tertiary/aromatic N) is 3. The summed E-state index contributed by atoms with van der Waals surface area (Å²) in [5.41, 5.74) is 5.33. The third kappa shape index (κ3) is 3.43. The Morgan fingerprint density at radius 1 is 1.76 bits per heavy atom. The van der Waals surface area contributed by atoms with Crippen LogP contribution >= 0.6 is 0 Å². The highest BCUT2D eigenvalue weighted by atomic mass is 32.2. The average Bonchev–Trinajstić information content (AvgIpc) is 2.72. The molecule has 1 heterocycles. The summed E-state index contributed by atoms with van der Waals surface area (Å²) in [7, 11) is -1.98. The molecule has 1 atom stereocenters. The molecule has 4 N–H and O–H groups in total. The minimum atomic E-state index is -3.65. The first-order valence-electron chi connectivity index (χ1n) is 4.82. The highest BCUT2D eigenvalue weighted by molar-refractivity contribution is 7.89. The summed E-state index contributed by atoms with van der Waals surface area (Å²) < 4.78 is 27.3. The Balaban J connectivity index is 2.69. The molecule has 0 amide bonds. The first-order chi connectivity index (χ1) is 7.86. The molecule has 0 spiro atoms. The Labute approximate surface area is 99.2 Å². The summed E-state index contributed by atoms with van der Waals surface area (Å²) in [5.74, 6) is -0.438. The second-order valence-corrected chi connectivity index (χ2v) is 5.37. The van der Waals surface area contributed by atoms with Crippen LogP contribution in [0.2, 0.25) is 0 Å². The van der Waals surface area contributed by atoms with Gasteiger partial charge in [-0.2, -0.15) is 0 Å². The van der Waals surface area contributed by atoms with Crippen LogP contribution in [0.15, 0.2) is 22.7 Å². The van der Waals surface area contributed by atoms with Crippen molar-refractivity contribution in [3.8, 4) is 0 Å². The lowest BCUT2D eigenvalue weighted by molar-refractivity contribution is 0.314. The molecule has 96 valence electrons. The number of imidazole rings is 1. The van der Waals surface area contributed by atoms with Crippen LogP contribution in [-0.2, 0) is 17.1 Å². The fourth-order valence-electron chi connectivity index (χ4n) is 1.04. The number of amidine groups is 1. The number of aromatic nitrogens is 2. The molecule has 0 saturated heterocycles. The van der Waals surface area contributed by atoms with E-state index in [0.717, 1.165) is 0 Å². The summed E-state index contributed by atoms with van der Waals surface area (Å²) in [6, 6.07) is 0. The molecule has 1 aromatic heterocycles. The lowest BCUT2D eigenvalue weighted by Crippen LogP contribution is -2.34. The van der Waals surface area contributed by atoms with E-state index in [2.05, 4.69) is 14.9 Å². The number of nitrogens with one attached hydrogen (secondary N) is 1. The van der Waals surface area contributed by atoms with Gasteiger partial charge in [-0.1, -0.05) is 12.1 Å². The summed E-state index contributed by atoms with van der Waals surface area (Å²) in [6.07, 6.45) is 2.78. The van der Waals surface area contributed by atoms with Crippen molar-refractivity contribution in [1.29, 1.82) is 0 Å². The summed E-state index contributed by atoms with van der Waals surface area (Å²) in [6.45, 7) is 1.67. The van der Waals surface area contributed by atoms with E-state index in [0.29, 0.717) is 0 Å². The van der Waals surface area contributed by atoms with Crippen LogP contribution in [0.1, 0.15) is 6.92 Å². The Morgan fingerprint density at radius 2 is 2.41 bits per heavy atom. The van der Waals surface area contributed by atoms with Crippen LogP contribution in [0.3, 0.4) is 0 Å². The van der Waals surface area contributed by atoms with Crippen molar-refractivity contribution in [2.75, 3.05) is 6.54 Å². The molecule has 0 radical (unpaired) electrons. The fraction of sp³-hybridized carbons (Fsp3) is 0.500. The summed E-state index contributed by atoms with van der Waals surface area (Å²) in [5, 5.41) is 11.2. The molecule has 8 nitrogen and oxygen atoms in total. The molecule has 0 aromatic carbocycles. The van der Waals surface area contributed by atoms with Crippen molar-refractivity contribution in [3.05, 3.63) is 12.5 Å². The van der Waals surface area contributed by atoms with Gasteiger partial charge in [0, 0.05) is 25.7 Å². The van der Waals surface area contributed by atoms with E-state index in [1.54, 1.807) is 14.0 Å². The molecule has 0 bridgehead atoms. The van der Waals surface area contributed by atoms with Gasteiger partial charge in [0.25, 0.3) is 10.0 Å². The second kappa shape index (κ2) is 5.15. The number of hydrogen-bond donors (Lipinski definition) is 3. The lowest BCUT2D eigenvalue weighted by Gasteiger charge is -2.10. The zero-order chi connectivity index (χ0) is 13.1. The SMILES string of the molecule is CC(CNS(=O)(=O)c1cn(C)cn1)C(N)=NO. The van der Waals surface area contributed by atoms with Gasteiger partial charge in [0.2, 0.25) is 0 Å². The summed E-state index contributed by atoms with van der Waals surface area (Å²) in [4.78, 5) is 3.73. The van der Waals surface area contributed by atoms with Gasteiger partial charge in [-0.05, 0) is 0 Å². The molecule has 9 heteroatoms. The molecule has 1 rings (SSSR count). The summed E-state index contributed by atoms with van der Waals surface area (Å²) >= 11 is 0. The highest BCUT2D eigenvalue weighted by Gasteiger charge is 2.18. The molecule has 0 fully saturated rings. The number of aryl methyl sites for hydroxylation is 1. The fourth-order valence-corrected chi connectivity index (χ4v) is 2.15. The molecule has 17 heavy (non-hydrogen) atoms. The Hall–Kier alpha value is -1.61. The van der Waals surface area contributed by atoms with Crippen molar-refractivity contribution >= 4 is 15.9 Å². The van der Waals surface area contributed by atoms with Gasteiger partial charge in [-0.3, -0.25) is 0 Å². The molecule has 1 aromatic rings. The van der Waals surface area contributed by atoms with Crippen molar-refractivity contribution < 1.29 is 13.6 Å². The highest BCUT2D eigenvalue weighted by Crippen LogP contribution is 2.04. The monoisotopic (exact) mass is 261 g/mol. The first kappa shape index (κ1) is 13.5. The van der Waals surface area contributed by atoms with Crippen LogP contribution in [0.25, 0.3) is 0 Å². The predicted octanol–water partition coefficient (Wildman–Crippen LogP) is -0.919. The van der Waals surface area contributed by atoms with Gasteiger partial charge >= 0.3 is 0 Å².